The summed E-state index contributed by atoms with van der Waals surface area (Å²) in [6.45, 7) is 2.99. The maximum absolute atomic E-state index is 11.5. The molecule has 0 aliphatic carbocycles. The van der Waals surface area contributed by atoms with Crippen LogP contribution in [0.25, 0.3) is 0 Å². The monoisotopic (exact) mass is 254 g/mol. The van der Waals surface area contributed by atoms with Crippen molar-refractivity contribution >= 4 is 5.91 Å². The van der Waals surface area contributed by atoms with E-state index in [-0.39, 0.29) is 5.91 Å². The van der Waals surface area contributed by atoms with Crippen LogP contribution in [-0.2, 0) is 4.79 Å². The summed E-state index contributed by atoms with van der Waals surface area (Å²) in [5.41, 5.74) is 0. The fourth-order valence-corrected chi connectivity index (χ4v) is 2.43. The molecule has 1 aliphatic rings. The first kappa shape index (κ1) is 15.5. The molecule has 1 aliphatic heterocycles. The minimum Gasteiger partial charge on any atom is -0.356 e. The standard InChI is InChI=1S/C15H30N2O/c18-15-11-8-6-4-2-1-3-5-7-9-12-16-13-10-14-17-15/h16H,1-14H2,(H,17,18). The summed E-state index contributed by atoms with van der Waals surface area (Å²) >= 11 is 0. The molecule has 0 spiro atoms. The highest BCUT2D eigenvalue weighted by Gasteiger charge is 2.00. The number of carbonyl (C=O) groups is 1. The maximum Gasteiger partial charge on any atom is 0.219 e. The summed E-state index contributed by atoms with van der Waals surface area (Å²) in [7, 11) is 0. The van der Waals surface area contributed by atoms with E-state index in [4.69, 9.17) is 0 Å². The van der Waals surface area contributed by atoms with E-state index in [9.17, 15) is 4.79 Å². The quantitative estimate of drug-likeness (QED) is 0.698. The molecule has 0 saturated carbocycles. The Bertz CT molecular complexity index is 187. The molecule has 1 fully saturated rings. The van der Waals surface area contributed by atoms with Crippen LogP contribution in [0.3, 0.4) is 0 Å². The van der Waals surface area contributed by atoms with Crippen LogP contribution in [0.1, 0.15) is 70.6 Å². The zero-order chi connectivity index (χ0) is 12.9. The second kappa shape index (κ2) is 11.5. The van der Waals surface area contributed by atoms with Crippen LogP contribution in [-0.4, -0.2) is 25.5 Å². The number of hydrogen-bond donors (Lipinski definition) is 2. The normalized spacial score (nSPS) is 23.0. The smallest absolute Gasteiger partial charge is 0.219 e. The minimum atomic E-state index is 0.235. The van der Waals surface area contributed by atoms with Gasteiger partial charge in [0.1, 0.15) is 0 Å². The van der Waals surface area contributed by atoms with Gasteiger partial charge in [-0.25, -0.2) is 0 Å². The Kier molecular flexibility index (Phi) is 9.91. The molecule has 0 radical (unpaired) electrons. The zero-order valence-electron chi connectivity index (χ0n) is 11.8. The lowest BCUT2D eigenvalue weighted by atomic mass is 10.1. The van der Waals surface area contributed by atoms with Gasteiger partial charge < -0.3 is 10.6 Å². The summed E-state index contributed by atoms with van der Waals surface area (Å²) in [5.74, 6) is 0.235. The van der Waals surface area contributed by atoms with Gasteiger partial charge in [-0.05, 0) is 32.4 Å². The summed E-state index contributed by atoms with van der Waals surface area (Å²) < 4.78 is 0. The third kappa shape index (κ3) is 9.46. The lowest BCUT2D eigenvalue weighted by Crippen LogP contribution is -2.27. The van der Waals surface area contributed by atoms with Crippen LogP contribution in [0.15, 0.2) is 0 Å². The van der Waals surface area contributed by atoms with Crippen LogP contribution in [0.2, 0.25) is 0 Å². The van der Waals surface area contributed by atoms with Gasteiger partial charge in [0.05, 0.1) is 0 Å². The highest BCUT2D eigenvalue weighted by atomic mass is 16.1. The van der Waals surface area contributed by atoms with Crippen molar-refractivity contribution in [2.45, 2.75) is 70.6 Å². The number of rotatable bonds is 0. The van der Waals surface area contributed by atoms with Crippen molar-refractivity contribution in [3.63, 3.8) is 0 Å². The summed E-state index contributed by atoms with van der Waals surface area (Å²) in [6, 6.07) is 0. The largest absolute Gasteiger partial charge is 0.356 e. The summed E-state index contributed by atoms with van der Waals surface area (Å²) in [5, 5.41) is 6.44. The Hall–Kier alpha value is -0.570. The van der Waals surface area contributed by atoms with Gasteiger partial charge in [0.25, 0.3) is 0 Å². The number of hydrogen-bond acceptors (Lipinski definition) is 2. The first-order chi connectivity index (χ1) is 8.89. The molecule has 0 aromatic rings. The van der Waals surface area contributed by atoms with Crippen molar-refractivity contribution < 1.29 is 4.79 Å². The number of nitrogens with one attached hydrogen (secondary N) is 2. The number of carbonyl (C=O) groups excluding carboxylic acids is 1. The van der Waals surface area contributed by atoms with Crippen LogP contribution in [0.5, 0.6) is 0 Å². The van der Waals surface area contributed by atoms with Gasteiger partial charge in [-0.1, -0.05) is 44.9 Å². The third-order valence-corrected chi connectivity index (χ3v) is 3.61. The molecule has 18 heavy (non-hydrogen) atoms. The van der Waals surface area contributed by atoms with Gasteiger partial charge in [-0.2, -0.15) is 0 Å². The topological polar surface area (TPSA) is 41.1 Å². The lowest BCUT2D eigenvalue weighted by Gasteiger charge is -2.06. The fourth-order valence-electron chi connectivity index (χ4n) is 2.43. The van der Waals surface area contributed by atoms with E-state index in [1.807, 2.05) is 0 Å². The van der Waals surface area contributed by atoms with E-state index in [1.165, 1.54) is 51.4 Å². The van der Waals surface area contributed by atoms with Crippen LogP contribution >= 0.6 is 0 Å². The van der Waals surface area contributed by atoms with E-state index in [1.54, 1.807) is 0 Å². The van der Waals surface area contributed by atoms with Gasteiger partial charge in [-0.15, -0.1) is 0 Å². The van der Waals surface area contributed by atoms with E-state index in [2.05, 4.69) is 10.6 Å². The third-order valence-electron chi connectivity index (χ3n) is 3.61. The van der Waals surface area contributed by atoms with Crippen LogP contribution in [0.4, 0.5) is 0 Å². The molecule has 106 valence electrons. The molecular formula is C15H30N2O. The Morgan fingerprint density at radius 1 is 0.611 bits per heavy atom. The molecule has 1 heterocycles. The van der Waals surface area contributed by atoms with E-state index in [0.29, 0.717) is 6.42 Å². The first-order valence-electron chi connectivity index (χ1n) is 7.87. The highest BCUT2D eigenvalue weighted by molar-refractivity contribution is 5.75. The fraction of sp³-hybridized carbons (Fsp3) is 0.933. The second-order valence-electron chi connectivity index (χ2n) is 5.39. The van der Waals surface area contributed by atoms with Crippen molar-refractivity contribution in [2.75, 3.05) is 19.6 Å². The minimum absolute atomic E-state index is 0.235. The molecular weight excluding hydrogens is 224 g/mol. The van der Waals surface area contributed by atoms with E-state index in [0.717, 1.165) is 32.5 Å². The van der Waals surface area contributed by atoms with Gasteiger partial charge in [0.2, 0.25) is 5.91 Å². The average Bonchev–Trinajstić information content (AvgIpc) is 2.37. The average molecular weight is 254 g/mol. The van der Waals surface area contributed by atoms with Crippen molar-refractivity contribution in [2.24, 2.45) is 0 Å². The Labute approximate surface area is 112 Å². The van der Waals surface area contributed by atoms with Gasteiger partial charge >= 0.3 is 0 Å². The lowest BCUT2D eigenvalue weighted by molar-refractivity contribution is -0.121. The molecule has 3 nitrogen and oxygen atoms in total. The first-order valence-corrected chi connectivity index (χ1v) is 7.87. The van der Waals surface area contributed by atoms with Crippen LogP contribution < -0.4 is 10.6 Å². The molecule has 0 atom stereocenters. The SMILES string of the molecule is O=C1CCCCCCCCCCCNCCCN1. The predicted molar refractivity (Wildman–Crippen MR) is 76.7 cm³/mol. The Balaban J connectivity index is 2.11. The molecule has 2 N–H and O–H groups in total. The molecule has 3 heteroatoms. The summed E-state index contributed by atoms with van der Waals surface area (Å²) in [6.07, 6.45) is 13.5. The van der Waals surface area contributed by atoms with Crippen molar-refractivity contribution in [3.8, 4) is 0 Å². The van der Waals surface area contributed by atoms with Crippen molar-refractivity contribution in [3.05, 3.63) is 0 Å². The molecule has 0 unspecified atom stereocenters. The van der Waals surface area contributed by atoms with Crippen molar-refractivity contribution in [1.82, 2.24) is 10.6 Å². The molecule has 0 aromatic heterocycles. The van der Waals surface area contributed by atoms with Gasteiger partial charge in [-0.3, -0.25) is 4.79 Å². The Morgan fingerprint density at radius 3 is 1.89 bits per heavy atom. The van der Waals surface area contributed by atoms with E-state index < -0.39 is 0 Å². The van der Waals surface area contributed by atoms with Crippen LogP contribution in [0, 0.1) is 0 Å². The maximum atomic E-state index is 11.5. The molecule has 1 saturated heterocycles. The van der Waals surface area contributed by atoms with Gasteiger partial charge in [0.15, 0.2) is 0 Å². The highest BCUT2D eigenvalue weighted by Crippen LogP contribution is 2.10. The molecule has 1 rings (SSSR count). The van der Waals surface area contributed by atoms with Crippen molar-refractivity contribution in [1.29, 1.82) is 0 Å². The molecule has 1 amide bonds. The second-order valence-corrected chi connectivity index (χ2v) is 5.39. The molecule has 0 aromatic carbocycles. The zero-order valence-corrected chi connectivity index (χ0v) is 11.8. The Morgan fingerprint density at radius 2 is 1.17 bits per heavy atom. The van der Waals surface area contributed by atoms with Gasteiger partial charge in [0, 0.05) is 13.0 Å². The predicted octanol–water partition coefficient (Wildman–Crippen LogP) is 3.00. The summed E-state index contributed by atoms with van der Waals surface area (Å²) in [4.78, 5) is 11.5. The number of amides is 1. The van der Waals surface area contributed by atoms with E-state index >= 15 is 0 Å². The molecule has 0 bridgehead atoms.